The van der Waals surface area contributed by atoms with Crippen LogP contribution in [0.25, 0.3) is 0 Å². The van der Waals surface area contributed by atoms with Crippen molar-refractivity contribution in [1.82, 2.24) is 0 Å². The lowest BCUT2D eigenvalue weighted by atomic mass is 10.0. The Morgan fingerprint density at radius 1 is 1.05 bits per heavy atom. The van der Waals surface area contributed by atoms with Crippen LogP contribution in [0.3, 0.4) is 0 Å². The van der Waals surface area contributed by atoms with E-state index in [2.05, 4.69) is 38.1 Å². The van der Waals surface area contributed by atoms with Gasteiger partial charge in [0.25, 0.3) is 0 Å². The molecule has 1 atom stereocenters. The van der Waals surface area contributed by atoms with Gasteiger partial charge in [-0.1, -0.05) is 63.8 Å². The maximum absolute atomic E-state index is 9.69. The first-order valence-electron chi connectivity index (χ1n) is 8.01. The van der Waals surface area contributed by atoms with Gasteiger partial charge in [0.1, 0.15) is 6.61 Å². The maximum atomic E-state index is 9.69. The van der Waals surface area contributed by atoms with E-state index in [0.717, 1.165) is 11.5 Å². The fraction of sp³-hybridized carbons (Fsp3) is 0.667. The normalized spacial score (nSPS) is 21.4. The average molecular weight is 276 g/mol. The minimum Gasteiger partial charge on any atom is -0.363 e. The van der Waals surface area contributed by atoms with Gasteiger partial charge in [-0.3, -0.25) is 0 Å². The summed E-state index contributed by atoms with van der Waals surface area (Å²) in [6.07, 6.45) is 8.49. The third-order valence-corrected chi connectivity index (χ3v) is 3.98. The topological polar surface area (TPSA) is 32.8 Å². The van der Waals surface area contributed by atoms with E-state index < -0.39 is 5.79 Å². The van der Waals surface area contributed by atoms with Gasteiger partial charge in [-0.15, -0.1) is 0 Å². The second-order valence-corrected chi connectivity index (χ2v) is 6.57. The third kappa shape index (κ3) is 5.64. The van der Waals surface area contributed by atoms with Crippen LogP contribution in [0.4, 0.5) is 0 Å². The molecule has 1 aromatic rings. The van der Waals surface area contributed by atoms with Crippen molar-refractivity contribution >= 4 is 0 Å². The van der Waals surface area contributed by atoms with Crippen molar-refractivity contribution in [3.63, 3.8) is 0 Å². The molecule has 0 bridgehead atoms. The highest BCUT2D eigenvalue weighted by Crippen LogP contribution is 2.27. The third-order valence-electron chi connectivity index (χ3n) is 3.98. The highest BCUT2D eigenvalue weighted by Gasteiger charge is 2.42. The van der Waals surface area contributed by atoms with E-state index in [1.807, 2.05) is 0 Å². The van der Waals surface area contributed by atoms with Crippen LogP contribution < -0.4 is 0 Å². The first-order valence-corrected chi connectivity index (χ1v) is 8.01. The van der Waals surface area contributed by atoms with Crippen LogP contribution in [0.15, 0.2) is 24.3 Å². The SMILES string of the molecule is CC(C)CCCCCCc1ccc(CC2(O)CO2)cc1. The van der Waals surface area contributed by atoms with E-state index in [9.17, 15) is 5.11 Å². The molecule has 1 aliphatic rings. The molecule has 0 aliphatic carbocycles. The van der Waals surface area contributed by atoms with Crippen LogP contribution in [0, 0.1) is 5.92 Å². The molecule has 112 valence electrons. The number of aliphatic hydroxyl groups is 1. The van der Waals surface area contributed by atoms with Crippen molar-refractivity contribution in [2.24, 2.45) is 5.92 Å². The predicted octanol–water partition coefficient (Wildman–Crippen LogP) is 4.10. The number of rotatable bonds is 9. The Kier molecular flexibility index (Phi) is 5.62. The number of ether oxygens (including phenoxy) is 1. The molecular formula is C18H28O2. The van der Waals surface area contributed by atoms with Gasteiger partial charge in [-0.25, -0.2) is 0 Å². The van der Waals surface area contributed by atoms with Crippen molar-refractivity contribution in [1.29, 1.82) is 0 Å². The van der Waals surface area contributed by atoms with Gasteiger partial charge < -0.3 is 9.84 Å². The summed E-state index contributed by atoms with van der Waals surface area (Å²) < 4.78 is 5.00. The quantitative estimate of drug-likeness (QED) is 0.544. The van der Waals surface area contributed by atoms with E-state index in [1.54, 1.807) is 0 Å². The number of benzene rings is 1. The van der Waals surface area contributed by atoms with E-state index in [1.165, 1.54) is 44.1 Å². The molecule has 2 heteroatoms. The highest BCUT2D eigenvalue weighted by atomic mass is 16.7. The lowest BCUT2D eigenvalue weighted by molar-refractivity contribution is 0.0372. The van der Waals surface area contributed by atoms with E-state index in [-0.39, 0.29) is 0 Å². The van der Waals surface area contributed by atoms with E-state index in [0.29, 0.717) is 13.0 Å². The molecule has 0 aromatic heterocycles. The van der Waals surface area contributed by atoms with Crippen LogP contribution in [-0.2, 0) is 17.6 Å². The van der Waals surface area contributed by atoms with Crippen LogP contribution >= 0.6 is 0 Å². The van der Waals surface area contributed by atoms with Crippen molar-refractivity contribution in [2.45, 2.75) is 64.6 Å². The Morgan fingerprint density at radius 3 is 2.25 bits per heavy atom. The number of hydrogen-bond donors (Lipinski definition) is 1. The molecule has 1 aromatic carbocycles. The van der Waals surface area contributed by atoms with Crippen molar-refractivity contribution in [3.05, 3.63) is 35.4 Å². The number of unbranched alkanes of at least 4 members (excludes halogenated alkanes) is 3. The standard InChI is InChI=1S/C18H28O2/c1-15(2)7-5-3-4-6-8-16-9-11-17(12-10-16)13-18(19)14-20-18/h9-12,15,19H,3-8,13-14H2,1-2H3. The minimum absolute atomic E-state index is 0.477. The summed E-state index contributed by atoms with van der Waals surface area (Å²) in [7, 11) is 0. The summed E-state index contributed by atoms with van der Waals surface area (Å²) >= 11 is 0. The zero-order valence-corrected chi connectivity index (χ0v) is 12.9. The van der Waals surface area contributed by atoms with Gasteiger partial charge in [0.05, 0.1) is 0 Å². The summed E-state index contributed by atoms with van der Waals surface area (Å²) in [6, 6.07) is 8.62. The fourth-order valence-electron chi connectivity index (χ4n) is 2.56. The zero-order chi connectivity index (χ0) is 14.4. The summed E-state index contributed by atoms with van der Waals surface area (Å²) in [5, 5.41) is 9.69. The van der Waals surface area contributed by atoms with Gasteiger partial charge in [-0.2, -0.15) is 0 Å². The lowest BCUT2D eigenvalue weighted by Crippen LogP contribution is -2.12. The zero-order valence-electron chi connectivity index (χ0n) is 12.9. The van der Waals surface area contributed by atoms with Crippen LogP contribution in [0.2, 0.25) is 0 Å². The Labute approximate surface area is 123 Å². The van der Waals surface area contributed by atoms with Gasteiger partial charge in [-0.05, 0) is 29.9 Å². The van der Waals surface area contributed by atoms with Gasteiger partial charge in [0.15, 0.2) is 5.79 Å². The number of hydrogen-bond acceptors (Lipinski definition) is 2. The van der Waals surface area contributed by atoms with Crippen molar-refractivity contribution < 1.29 is 9.84 Å². The Balaban J connectivity index is 1.61. The Hall–Kier alpha value is -0.860. The molecular weight excluding hydrogens is 248 g/mol. The van der Waals surface area contributed by atoms with E-state index in [4.69, 9.17) is 4.74 Å². The molecule has 0 spiro atoms. The van der Waals surface area contributed by atoms with Crippen molar-refractivity contribution in [3.8, 4) is 0 Å². The molecule has 1 unspecified atom stereocenters. The average Bonchev–Trinajstić information content (AvgIpc) is 3.13. The molecule has 1 saturated heterocycles. The second kappa shape index (κ2) is 7.24. The Morgan fingerprint density at radius 2 is 1.65 bits per heavy atom. The lowest BCUT2D eigenvalue weighted by Gasteiger charge is -2.07. The largest absolute Gasteiger partial charge is 0.363 e. The Bertz CT molecular complexity index is 390. The molecule has 0 radical (unpaired) electrons. The maximum Gasteiger partial charge on any atom is 0.193 e. The van der Waals surface area contributed by atoms with Crippen LogP contribution in [0.1, 0.15) is 57.1 Å². The first kappa shape index (κ1) is 15.5. The predicted molar refractivity (Wildman–Crippen MR) is 82.7 cm³/mol. The van der Waals surface area contributed by atoms with Crippen LogP contribution in [-0.4, -0.2) is 17.5 Å². The molecule has 1 N–H and O–H groups in total. The first-order chi connectivity index (χ1) is 9.57. The molecule has 2 rings (SSSR count). The summed E-state index contributed by atoms with van der Waals surface area (Å²) in [4.78, 5) is 0. The summed E-state index contributed by atoms with van der Waals surface area (Å²) in [6.45, 7) is 5.07. The van der Waals surface area contributed by atoms with Gasteiger partial charge >= 0.3 is 0 Å². The van der Waals surface area contributed by atoms with Gasteiger partial charge in [0.2, 0.25) is 0 Å². The number of aryl methyl sites for hydroxylation is 1. The summed E-state index contributed by atoms with van der Waals surface area (Å²) in [5.74, 6) is -0.0226. The summed E-state index contributed by atoms with van der Waals surface area (Å²) in [5.41, 5.74) is 2.56. The molecule has 20 heavy (non-hydrogen) atoms. The smallest absolute Gasteiger partial charge is 0.193 e. The molecule has 1 heterocycles. The van der Waals surface area contributed by atoms with E-state index >= 15 is 0 Å². The molecule has 1 aliphatic heterocycles. The molecule has 1 fully saturated rings. The monoisotopic (exact) mass is 276 g/mol. The molecule has 2 nitrogen and oxygen atoms in total. The second-order valence-electron chi connectivity index (χ2n) is 6.57. The molecule has 0 saturated carbocycles. The number of epoxide rings is 1. The minimum atomic E-state index is -0.863. The fourth-order valence-corrected chi connectivity index (χ4v) is 2.56. The van der Waals surface area contributed by atoms with Gasteiger partial charge in [0, 0.05) is 6.42 Å². The molecule has 0 amide bonds. The van der Waals surface area contributed by atoms with Crippen molar-refractivity contribution in [2.75, 3.05) is 6.61 Å². The highest BCUT2D eigenvalue weighted by molar-refractivity contribution is 5.24. The van der Waals surface area contributed by atoms with Crippen LogP contribution in [0.5, 0.6) is 0 Å².